The van der Waals surface area contributed by atoms with Crippen molar-refractivity contribution in [1.82, 2.24) is 5.32 Å². The summed E-state index contributed by atoms with van der Waals surface area (Å²) in [4.78, 5) is 22.7. The Kier molecular flexibility index (Phi) is 5.23. The van der Waals surface area contributed by atoms with Gasteiger partial charge >= 0.3 is 12.1 Å². The summed E-state index contributed by atoms with van der Waals surface area (Å²) >= 11 is 0. The summed E-state index contributed by atoms with van der Waals surface area (Å²) in [5.41, 5.74) is -0.797. The molecule has 0 saturated heterocycles. The molecule has 0 aliphatic carbocycles. The third-order valence-corrected chi connectivity index (χ3v) is 2.43. The molecule has 0 heterocycles. The second-order valence-corrected chi connectivity index (χ2v) is 5.48. The SMILES string of the molecule is CC(C)(C)OC(=O)N[C@@H](Cc1ccc(F)cc1F)C(=O)O. The molecule has 21 heavy (non-hydrogen) atoms. The molecule has 0 aromatic heterocycles. The summed E-state index contributed by atoms with van der Waals surface area (Å²) in [6.45, 7) is 4.88. The van der Waals surface area contributed by atoms with Crippen LogP contribution in [0.3, 0.4) is 0 Å². The van der Waals surface area contributed by atoms with Crippen LogP contribution in [0.1, 0.15) is 26.3 Å². The number of rotatable bonds is 4. The van der Waals surface area contributed by atoms with Crippen LogP contribution in [0.2, 0.25) is 0 Å². The Hall–Kier alpha value is -2.18. The Morgan fingerprint density at radius 1 is 1.33 bits per heavy atom. The number of aliphatic carboxylic acids is 1. The van der Waals surface area contributed by atoms with E-state index in [1.54, 1.807) is 20.8 Å². The molecule has 1 amide bonds. The van der Waals surface area contributed by atoms with Gasteiger partial charge in [-0.1, -0.05) is 6.07 Å². The summed E-state index contributed by atoms with van der Waals surface area (Å²) < 4.78 is 31.2. The zero-order chi connectivity index (χ0) is 16.2. The van der Waals surface area contributed by atoms with Crippen LogP contribution in [-0.2, 0) is 16.0 Å². The van der Waals surface area contributed by atoms with Crippen LogP contribution in [0.4, 0.5) is 13.6 Å². The largest absolute Gasteiger partial charge is 0.480 e. The van der Waals surface area contributed by atoms with Gasteiger partial charge in [0, 0.05) is 12.5 Å². The number of carboxylic acid groups (broad SMARTS) is 1. The number of carboxylic acids is 1. The van der Waals surface area contributed by atoms with E-state index >= 15 is 0 Å². The zero-order valence-corrected chi connectivity index (χ0v) is 11.9. The average molecular weight is 301 g/mol. The van der Waals surface area contributed by atoms with Crippen LogP contribution in [0.25, 0.3) is 0 Å². The molecule has 0 bridgehead atoms. The third-order valence-electron chi connectivity index (χ3n) is 2.43. The van der Waals surface area contributed by atoms with Gasteiger partial charge in [-0.2, -0.15) is 0 Å². The number of hydrogen-bond donors (Lipinski definition) is 2. The molecule has 7 heteroatoms. The zero-order valence-electron chi connectivity index (χ0n) is 11.9. The fraction of sp³-hybridized carbons (Fsp3) is 0.429. The maximum Gasteiger partial charge on any atom is 0.408 e. The lowest BCUT2D eigenvalue weighted by Crippen LogP contribution is -2.44. The molecular formula is C14H17F2NO4. The van der Waals surface area contributed by atoms with Gasteiger partial charge in [0.15, 0.2) is 0 Å². The van der Waals surface area contributed by atoms with Crippen LogP contribution in [0, 0.1) is 11.6 Å². The normalized spacial score (nSPS) is 12.6. The van der Waals surface area contributed by atoms with Crippen LogP contribution in [0.15, 0.2) is 18.2 Å². The monoisotopic (exact) mass is 301 g/mol. The Bertz CT molecular complexity index is 540. The molecule has 1 atom stereocenters. The highest BCUT2D eigenvalue weighted by Gasteiger charge is 2.25. The van der Waals surface area contributed by atoms with Gasteiger partial charge in [-0.05, 0) is 32.4 Å². The van der Waals surface area contributed by atoms with Crippen LogP contribution < -0.4 is 5.32 Å². The molecule has 0 radical (unpaired) electrons. The van der Waals surface area contributed by atoms with Crippen LogP contribution in [-0.4, -0.2) is 28.8 Å². The summed E-state index contributed by atoms with van der Waals surface area (Å²) in [6.07, 6.45) is -1.24. The lowest BCUT2D eigenvalue weighted by molar-refractivity contribution is -0.139. The predicted molar refractivity (Wildman–Crippen MR) is 70.9 cm³/mol. The van der Waals surface area contributed by atoms with Crippen LogP contribution in [0.5, 0.6) is 0 Å². The summed E-state index contributed by atoms with van der Waals surface area (Å²) in [7, 11) is 0. The number of alkyl carbamates (subject to hydrolysis) is 1. The number of benzene rings is 1. The smallest absolute Gasteiger partial charge is 0.408 e. The van der Waals surface area contributed by atoms with Crippen molar-refractivity contribution in [2.45, 2.75) is 38.8 Å². The van der Waals surface area contributed by atoms with Gasteiger partial charge in [-0.3, -0.25) is 0 Å². The van der Waals surface area contributed by atoms with Crippen molar-refractivity contribution in [2.24, 2.45) is 0 Å². The molecule has 1 rings (SSSR count). The first-order valence-corrected chi connectivity index (χ1v) is 6.25. The Morgan fingerprint density at radius 3 is 2.43 bits per heavy atom. The van der Waals surface area contributed by atoms with E-state index in [-0.39, 0.29) is 12.0 Å². The molecule has 0 aliphatic heterocycles. The molecule has 0 spiro atoms. The van der Waals surface area contributed by atoms with E-state index in [2.05, 4.69) is 5.32 Å². The van der Waals surface area contributed by atoms with E-state index in [4.69, 9.17) is 9.84 Å². The Morgan fingerprint density at radius 2 is 1.95 bits per heavy atom. The van der Waals surface area contributed by atoms with E-state index in [1.807, 2.05) is 0 Å². The van der Waals surface area contributed by atoms with Gasteiger partial charge in [0.05, 0.1) is 0 Å². The van der Waals surface area contributed by atoms with Gasteiger partial charge in [-0.25, -0.2) is 18.4 Å². The average Bonchev–Trinajstić information content (AvgIpc) is 2.28. The Balaban J connectivity index is 2.79. The van der Waals surface area contributed by atoms with E-state index < -0.39 is 35.3 Å². The number of nitrogens with one attached hydrogen (secondary N) is 1. The molecule has 1 aromatic carbocycles. The van der Waals surface area contributed by atoms with E-state index in [9.17, 15) is 18.4 Å². The number of carbonyl (C=O) groups is 2. The third kappa shape index (κ3) is 5.76. The highest BCUT2D eigenvalue weighted by Crippen LogP contribution is 2.13. The minimum atomic E-state index is -1.38. The minimum absolute atomic E-state index is 0.0140. The summed E-state index contributed by atoms with van der Waals surface area (Å²) in [6, 6.07) is 1.43. The summed E-state index contributed by atoms with van der Waals surface area (Å²) in [5, 5.41) is 11.2. The number of hydrogen-bond acceptors (Lipinski definition) is 3. The molecule has 0 aliphatic rings. The number of ether oxygens (including phenoxy) is 1. The summed E-state index contributed by atoms with van der Waals surface area (Å²) in [5.74, 6) is -2.97. The van der Waals surface area contributed by atoms with Crippen LogP contribution >= 0.6 is 0 Å². The number of amides is 1. The van der Waals surface area contributed by atoms with Gasteiger partial charge < -0.3 is 15.2 Å². The van der Waals surface area contributed by atoms with Crippen molar-refractivity contribution in [1.29, 1.82) is 0 Å². The van der Waals surface area contributed by atoms with Gasteiger partial charge in [0.2, 0.25) is 0 Å². The van der Waals surface area contributed by atoms with Crippen molar-refractivity contribution < 1.29 is 28.2 Å². The maximum atomic E-state index is 13.5. The number of halogens is 2. The Labute approximate surface area is 120 Å². The van der Waals surface area contributed by atoms with Crippen molar-refractivity contribution in [3.63, 3.8) is 0 Å². The molecule has 0 fully saturated rings. The number of carbonyl (C=O) groups excluding carboxylic acids is 1. The second kappa shape index (κ2) is 6.51. The van der Waals surface area contributed by atoms with Gasteiger partial charge in [0.1, 0.15) is 23.3 Å². The second-order valence-electron chi connectivity index (χ2n) is 5.48. The van der Waals surface area contributed by atoms with Crippen molar-refractivity contribution >= 4 is 12.1 Å². The molecule has 0 saturated carbocycles. The van der Waals surface area contributed by atoms with Gasteiger partial charge in [-0.15, -0.1) is 0 Å². The lowest BCUT2D eigenvalue weighted by atomic mass is 10.1. The van der Waals surface area contributed by atoms with Gasteiger partial charge in [0.25, 0.3) is 0 Å². The fourth-order valence-electron chi connectivity index (χ4n) is 1.56. The first-order chi connectivity index (χ1) is 9.58. The molecule has 1 aromatic rings. The fourth-order valence-corrected chi connectivity index (χ4v) is 1.56. The minimum Gasteiger partial charge on any atom is -0.480 e. The van der Waals surface area contributed by atoms with E-state index in [0.717, 1.165) is 12.1 Å². The molecular weight excluding hydrogens is 284 g/mol. The first-order valence-electron chi connectivity index (χ1n) is 6.25. The predicted octanol–water partition coefficient (Wildman–Crippen LogP) is 2.49. The van der Waals surface area contributed by atoms with E-state index in [1.165, 1.54) is 0 Å². The highest BCUT2D eigenvalue weighted by molar-refractivity contribution is 5.80. The van der Waals surface area contributed by atoms with Crippen molar-refractivity contribution in [2.75, 3.05) is 0 Å². The maximum absolute atomic E-state index is 13.5. The standard InChI is InChI=1S/C14H17F2NO4/c1-14(2,3)21-13(20)17-11(12(18)19)6-8-4-5-9(15)7-10(8)16/h4-5,7,11H,6H2,1-3H3,(H,17,20)(H,18,19)/t11-/m0/s1. The molecule has 5 nitrogen and oxygen atoms in total. The highest BCUT2D eigenvalue weighted by atomic mass is 19.1. The topological polar surface area (TPSA) is 75.6 Å². The first kappa shape index (κ1) is 16.9. The van der Waals surface area contributed by atoms with Crippen molar-refractivity contribution in [3.8, 4) is 0 Å². The molecule has 116 valence electrons. The quantitative estimate of drug-likeness (QED) is 0.896. The molecule has 2 N–H and O–H groups in total. The van der Waals surface area contributed by atoms with Crippen molar-refractivity contribution in [3.05, 3.63) is 35.4 Å². The van der Waals surface area contributed by atoms with E-state index in [0.29, 0.717) is 6.07 Å². The lowest BCUT2D eigenvalue weighted by Gasteiger charge is -2.22. The molecule has 0 unspecified atom stereocenters.